The van der Waals surface area contributed by atoms with Gasteiger partial charge >= 0.3 is 0 Å². The van der Waals surface area contributed by atoms with E-state index in [1.807, 2.05) is 0 Å². The topological polar surface area (TPSA) is 15.3 Å². The van der Waals surface area contributed by atoms with Crippen molar-refractivity contribution in [2.75, 3.05) is 26.2 Å². The largest absolute Gasteiger partial charge is 0.316 e. The Labute approximate surface area is 81.7 Å². The van der Waals surface area contributed by atoms with E-state index in [1.165, 1.54) is 51.9 Å². The molecule has 0 aromatic rings. The number of rotatable bonds is 2. The Hall–Kier alpha value is -0.0800. The number of likely N-dealkylation sites (tertiary alicyclic amines) is 1. The van der Waals surface area contributed by atoms with Gasteiger partial charge in [-0.1, -0.05) is 6.42 Å². The Kier molecular flexibility index (Phi) is 3.23. The second-order valence-corrected chi connectivity index (χ2v) is 4.59. The van der Waals surface area contributed by atoms with Gasteiger partial charge in [-0.3, -0.25) is 0 Å². The van der Waals surface area contributed by atoms with E-state index in [9.17, 15) is 0 Å². The second-order valence-electron chi connectivity index (χ2n) is 4.59. The zero-order chi connectivity index (χ0) is 9.10. The molecular weight excluding hydrogens is 160 g/mol. The van der Waals surface area contributed by atoms with Gasteiger partial charge in [-0.05, 0) is 58.3 Å². The molecule has 0 saturated carbocycles. The number of hydrogen-bond acceptors (Lipinski definition) is 2. The molecule has 76 valence electrons. The molecule has 2 aliphatic rings. The molecule has 0 unspecified atom stereocenters. The number of piperidine rings is 1. The maximum absolute atomic E-state index is 3.47. The van der Waals surface area contributed by atoms with Crippen LogP contribution in [0.25, 0.3) is 0 Å². The van der Waals surface area contributed by atoms with Gasteiger partial charge in [0.1, 0.15) is 0 Å². The van der Waals surface area contributed by atoms with Gasteiger partial charge in [0.05, 0.1) is 0 Å². The molecule has 2 atom stereocenters. The summed E-state index contributed by atoms with van der Waals surface area (Å²) >= 11 is 0. The van der Waals surface area contributed by atoms with E-state index in [4.69, 9.17) is 0 Å². The monoisotopic (exact) mass is 182 g/mol. The van der Waals surface area contributed by atoms with E-state index in [1.54, 1.807) is 0 Å². The van der Waals surface area contributed by atoms with Crippen LogP contribution in [0.5, 0.6) is 0 Å². The van der Waals surface area contributed by atoms with E-state index in [0.717, 1.165) is 12.0 Å². The van der Waals surface area contributed by atoms with Crippen molar-refractivity contribution in [3.63, 3.8) is 0 Å². The Morgan fingerprint density at radius 3 is 2.62 bits per heavy atom. The summed E-state index contributed by atoms with van der Waals surface area (Å²) in [5.74, 6) is 0.915. The Bertz CT molecular complexity index is 146. The average Bonchev–Trinajstić information content (AvgIpc) is 2.71. The van der Waals surface area contributed by atoms with Crippen molar-refractivity contribution in [2.45, 2.75) is 38.6 Å². The standard InChI is InChI=1S/C11H22N2/c1-10(11-5-6-12-9-11)13-7-3-2-4-8-13/h10-12H,2-9H2,1H3/t10-,11-/m1/s1. The quantitative estimate of drug-likeness (QED) is 0.695. The predicted octanol–water partition coefficient (Wildman–Crippen LogP) is 1.47. The van der Waals surface area contributed by atoms with Crippen molar-refractivity contribution in [1.82, 2.24) is 10.2 Å². The van der Waals surface area contributed by atoms with Crippen LogP contribution in [0.1, 0.15) is 32.6 Å². The van der Waals surface area contributed by atoms with E-state index < -0.39 is 0 Å². The van der Waals surface area contributed by atoms with Crippen LogP contribution in [0.2, 0.25) is 0 Å². The fraction of sp³-hybridized carbons (Fsp3) is 1.00. The average molecular weight is 182 g/mol. The highest BCUT2D eigenvalue weighted by Gasteiger charge is 2.26. The van der Waals surface area contributed by atoms with Crippen molar-refractivity contribution >= 4 is 0 Å². The van der Waals surface area contributed by atoms with Crippen molar-refractivity contribution in [3.8, 4) is 0 Å². The normalized spacial score (nSPS) is 33.5. The van der Waals surface area contributed by atoms with Gasteiger partial charge in [0, 0.05) is 6.04 Å². The first-order valence-corrected chi connectivity index (χ1v) is 5.82. The first-order valence-electron chi connectivity index (χ1n) is 5.82. The zero-order valence-electron chi connectivity index (χ0n) is 8.76. The van der Waals surface area contributed by atoms with E-state index in [0.29, 0.717) is 0 Å². The van der Waals surface area contributed by atoms with Crippen LogP contribution in [0.3, 0.4) is 0 Å². The first-order chi connectivity index (χ1) is 6.38. The fourth-order valence-corrected chi connectivity index (χ4v) is 2.71. The molecule has 0 aromatic carbocycles. The lowest BCUT2D eigenvalue weighted by atomic mass is 9.97. The summed E-state index contributed by atoms with van der Waals surface area (Å²) in [4.78, 5) is 2.70. The molecule has 2 heterocycles. The molecule has 2 rings (SSSR count). The number of nitrogens with one attached hydrogen (secondary N) is 1. The lowest BCUT2D eigenvalue weighted by molar-refractivity contribution is 0.134. The van der Waals surface area contributed by atoms with Crippen molar-refractivity contribution in [1.29, 1.82) is 0 Å². The minimum absolute atomic E-state index is 0.815. The van der Waals surface area contributed by atoms with E-state index in [-0.39, 0.29) is 0 Å². The molecule has 0 aliphatic carbocycles. The molecule has 2 nitrogen and oxygen atoms in total. The van der Waals surface area contributed by atoms with Crippen LogP contribution in [0.4, 0.5) is 0 Å². The molecule has 13 heavy (non-hydrogen) atoms. The third-order valence-electron chi connectivity index (χ3n) is 3.75. The molecule has 0 radical (unpaired) electrons. The molecule has 2 heteroatoms. The van der Waals surface area contributed by atoms with Gasteiger partial charge in [0.25, 0.3) is 0 Å². The van der Waals surface area contributed by atoms with E-state index in [2.05, 4.69) is 17.1 Å². The first kappa shape index (κ1) is 9.47. The number of nitrogens with zero attached hydrogens (tertiary/aromatic N) is 1. The van der Waals surface area contributed by atoms with Crippen LogP contribution in [0.15, 0.2) is 0 Å². The molecule has 0 spiro atoms. The summed E-state index contributed by atoms with van der Waals surface area (Å²) in [6.45, 7) is 7.60. The lowest BCUT2D eigenvalue weighted by Gasteiger charge is -2.35. The molecule has 1 N–H and O–H groups in total. The van der Waals surface area contributed by atoms with Crippen molar-refractivity contribution in [3.05, 3.63) is 0 Å². The number of hydrogen-bond donors (Lipinski definition) is 1. The molecule has 2 saturated heterocycles. The highest BCUT2D eigenvalue weighted by atomic mass is 15.2. The van der Waals surface area contributed by atoms with Crippen LogP contribution in [-0.4, -0.2) is 37.1 Å². The summed E-state index contributed by atoms with van der Waals surface area (Å²) in [7, 11) is 0. The van der Waals surface area contributed by atoms with Gasteiger partial charge in [0.15, 0.2) is 0 Å². The van der Waals surface area contributed by atoms with Crippen LogP contribution >= 0.6 is 0 Å². The van der Waals surface area contributed by atoms with Gasteiger partial charge in [0.2, 0.25) is 0 Å². The zero-order valence-corrected chi connectivity index (χ0v) is 8.76. The maximum atomic E-state index is 3.47. The highest BCUT2D eigenvalue weighted by Crippen LogP contribution is 2.21. The van der Waals surface area contributed by atoms with E-state index >= 15 is 0 Å². The summed E-state index contributed by atoms with van der Waals surface area (Å²) in [6.07, 6.45) is 5.68. The molecule has 2 aliphatic heterocycles. The minimum atomic E-state index is 0.815. The SMILES string of the molecule is C[C@H]([C@@H]1CCNC1)N1CCCCC1. The summed E-state index contributed by atoms with van der Waals surface area (Å²) in [6, 6.07) is 0.815. The lowest BCUT2D eigenvalue weighted by Crippen LogP contribution is -2.42. The fourth-order valence-electron chi connectivity index (χ4n) is 2.71. The van der Waals surface area contributed by atoms with Gasteiger partial charge in [-0.25, -0.2) is 0 Å². The molecule has 0 amide bonds. The molecule has 2 fully saturated rings. The summed E-state index contributed by atoms with van der Waals surface area (Å²) < 4.78 is 0. The van der Waals surface area contributed by atoms with Crippen LogP contribution in [-0.2, 0) is 0 Å². The summed E-state index contributed by atoms with van der Waals surface area (Å²) in [5, 5.41) is 3.47. The predicted molar refractivity (Wildman–Crippen MR) is 55.9 cm³/mol. The third-order valence-corrected chi connectivity index (χ3v) is 3.75. The van der Waals surface area contributed by atoms with Crippen molar-refractivity contribution < 1.29 is 0 Å². The van der Waals surface area contributed by atoms with Crippen LogP contribution < -0.4 is 5.32 Å². The van der Waals surface area contributed by atoms with Gasteiger partial charge in [-0.15, -0.1) is 0 Å². The molecule has 0 bridgehead atoms. The second kappa shape index (κ2) is 4.43. The Morgan fingerprint density at radius 1 is 1.23 bits per heavy atom. The summed E-state index contributed by atoms with van der Waals surface area (Å²) in [5.41, 5.74) is 0. The smallest absolute Gasteiger partial charge is 0.0108 e. The third kappa shape index (κ3) is 2.23. The van der Waals surface area contributed by atoms with Gasteiger partial charge < -0.3 is 10.2 Å². The van der Waals surface area contributed by atoms with Gasteiger partial charge in [-0.2, -0.15) is 0 Å². The molecular formula is C11H22N2. The maximum Gasteiger partial charge on any atom is 0.0108 e. The van der Waals surface area contributed by atoms with Crippen LogP contribution in [0, 0.1) is 5.92 Å². The Morgan fingerprint density at radius 2 is 2.00 bits per heavy atom. The van der Waals surface area contributed by atoms with Crippen molar-refractivity contribution in [2.24, 2.45) is 5.92 Å². The highest BCUT2D eigenvalue weighted by molar-refractivity contribution is 4.83. The minimum Gasteiger partial charge on any atom is -0.316 e. The molecule has 0 aromatic heterocycles. The Balaban J connectivity index is 1.83.